The van der Waals surface area contributed by atoms with Crippen LogP contribution in [0.2, 0.25) is 0 Å². The number of carbonyl (C=O) groups excluding carboxylic acids is 2. The molecular formula is C24H28N2O6. The van der Waals surface area contributed by atoms with Crippen molar-refractivity contribution in [2.24, 2.45) is 0 Å². The van der Waals surface area contributed by atoms with Crippen molar-refractivity contribution in [3.8, 4) is 11.5 Å². The van der Waals surface area contributed by atoms with Crippen molar-refractivity contribution in [3.05, 3.63) is 70.9 Å². The number of hydrogen-bond acceptors (Lipinski definition) is 6. The highest BCUT2D eigenvalue weighted by Crippen LogP contribution is 2.38. The molecule has 8 nitrogen and oxygen atoms in total. The van der Waals surface area contributed by atoms with E-state index in [-0.39, 0.29) is 19.2 Å². The van der Waals surface area contributed by atoms with E-state index in [1.165, 1.54) is 19.1 Å². The van der Waals surface area contributed by atoms with E-state index < -0.39 is 12.0 Å². The van der Waals surface area contributed by atoms with Crippen molar-refractivity contribution < 1.29 is 28.5 Å². The first-order valence-electron chi connectivity index (χ1n) is 10.2. The smallest absolute Gasteiger partial charge is 0.338 e. The van der Waals surface area contributed by atoms with Gasteiger partial charge >= 0.3 is 12.0 Å². The molecule has 0 bridgehead atoms. The van der Waals surface area contributed by atoms with Crippen LogP contribution in [-0.2, 0) is 20.8 Å². The summed E-state index contributed by atoms with van der Waals surface area (Å²) < 4.78 is 21.2. The Morgan fingerprint density at radius 1 is 1.03 bits per heavy atom. The van der Waals surface area contributed by atoms with Crippen LogP contribution in [-0.4, -0.2) is 51.4 Å². The zero-order valence-corrected chi connectivity index (χ0v) is 18.7. The summed E-state index contributed by atoms with van der Waals surface area (Å²) in [6, 6.07) is 13.7. The molecule has 0 saturated carbocycles. The Labute approximate surface area is 187 Å². The third-order valence-corrected chi connectivity index (χ3v) is 5.27. The van der Waals surface area contributed by atoms with Crippen LogP contribution in [0.4, 0.5) is 4.79 Å². The van der Waals surface area contributed by atoms with E-state index >= 15 is 0 Å². The molecule has 1 aliphatic heterocycles. The van der Waals surface area contributed by atoms with Crippen LogP contribution in [0.15, 0.2) is 59.8 Å². The summed E-state index contributed by atoms with van der Waals surface area (Å²) in [5, 5.41) is 2.94. The summed E-state index contributed by atoms with van der Waals surface area (Å²) >= 11 is 0. The molecule has 1 atom stereocenters. The van der Waals surface area contributed by atoms with Crippen molar-refractivity contribution in [1.29, 1.82) is 0 Å². The average Bonchev–Trinajstić information content (AvgIpc) is 2.81. The maximum absolute atomic E-state index is 13.1. The maximum Gasteiger partial charge on any atom is 0.338 e. The van der Waals surface area contributed by atoms with Gasteiger partial charge in [-0.3, -0.25) is 4.90 Å². The third kappa shape index (κ3) is 5.03. The molecule has 0 unspecified atom stereocenters. The Morgan fingerprint density at radius 2 is 1.78 bits per heavy atom. The first-order valence-corrected chi connectivity index (χ1v) is 10.2. The van der Waals surface area contributed by atoms with Gasteiger partial charge in [0.25, 0.3) is 0 Å². The number of esters is 1. The summed E-state index contributed by atoms with van der Waals surface area (Å²) in [6.45, 7) is 2.44. The van der Waals surface area contributed by atoms with Gasteiger partial charge in [-0.1, -0.05) is 30.3 Å². The molecule has 32 heavy (non-hydrogen) atoms. The van der Waals surface area contributed by atoms with Gasteiger partial charge in [0, 0.05) is 24.4 Å². The zero-order valence-electron chi connectivity index (χ0n) is 18.7. The number of urea groups is 1. The fourth-order valence-corrected chi connectivity index (χ4v) is 3.59. The minimum absolute atomic E-state index is 0.102. The fourth-order valence-electron chi connectivity index (χ4n) is 3.59. The van der Waals surface area contributed by atoms with E-state index in [1.54, 1.807) is 32.2 Å². The molecule has 1 N–H and O–H groups in total. The number of benzene rings is 2. The minimum Gasteiger partial charge on any atom is -0.497 e. The molecule has 8 heteroatoms. The van der Waals surface area contributed by atoms with Crippen LogP contribution >= 0.6 is 0 Å². The van der Waals surface area contributed by atoms with Gasteiger partial charge in [-0.2, -0.15) is 0 Å². The van der Waals surface area contributed by atoms with E-state index in [0.29, 0.717) is 34.9 Å². The fraction of sp³-hybridized carbons (Fsp3) is 0.333. The lowest BCUT2D eigenvalue weighted by Gasteiger charge is -2.36. The molecule has 170 valence electrons. The molecule has 3 rings (SSSR count). The molecule has 0 radical (unpaired) electrons. The second-order valence-electron chi connectivity index (χ2n) is 7.19. The maximum atomic E-state index is 13.1. The first-order chi connectivity index (χ1) is 15.5. The molecule has 1 heterocycles. The highest BCUT2D eigenvalue weighted by molar-refractivity contribution is 5.95. The van der Waals surface area contributed by atoms with Crippen molar-refractivity contribution in [3.63, 3.8) is 0 Å². The van der Waals surface area contributed by atoms with Crippen LogP contribution in [0, 0.1) is 0 Å². The second-order valence-corrected chi connectivity index (χ2v) is 7.19. The van der Waals surface area contributed by atoms with Gasteiger partial charge in [0.2, 0.25) is 0 Å². The number of hydrogen-bond donors (Lipinski definition) is 1. The Morgan fingerprint density at radius 3 is 2.44 bits per heavy atom. The molecule has 0 fully saturated rings. The van der Waals surface area contributed by atoms with Crippen molar-refractivity contribution in [1.82, 2.24) is 10.2 Å². The molecule has 0 aliphatic carbocycles. The van der Waals surface area contributed by atoms with E-state index in [9.17, 15) is 9.59 Å². The standard InChI is InChI=1S/C24H28N2O6/c1-16-21(23(27)32-13-12-29-2)22(19-11-10-18(30-3)14-20(19)31-4)25-24(28)26(16)15-17-8-6-5-7-9-17/h5-11,14,22H,12-13,15H2,1-4H3,(H,25,28)/t22-/m0/s1. The van der Waals surface area contributed by atoms with Crippen molar-refractivity contribution in [2.45, 2.75) is 19.5 Å². The normalized spacial score (nSPS) is 15.9. The Balaban J connectivity index is 2.04. The summed E-state index contributed by atoms with van der Waals surface area (Å²) in [7, 11) is 4.62. The number of methoxy groups -OCH3 is 3. The Hall–Kier alpha value is -3.52. The summed E-state index contributed by atoms with van der Waals surface area (Å²) in [5.41, 5.74) is 2.41. The highest BCUT2D eigenvalue weighted by Gasteiger charge is 2.37. The number of nitrogens with zero attached hydrogens (tertiary/aromatic N) is 1. The zero-order chi connectivity index (χ0) is 23.1. The Kier molecular flexibility index (Phi) is 7.72. The van der Waals surface area contributed by atoms with Crippen molar-refractivity contribution in [2.75, 3.05) is 34.5 Å². The van der Waals surface area contributed by atoms with Crippen LogP contribution in [0.3, 0.4) is 0 Å². The van der Waals surface area contributed by atoms with Gasteiger partial charge in [-0.15, -0.1) is 0 Å². The van der Waals surface area contributed by atoms with Crippen LogP contribution in [0.5, 0.6) is 11.5 Å². The predicted molar refractivity (Wildman–Crippen MR) is 118 cm³/mol. The molecule has 0 spiro atoms. The lowest BCUT2D eigenvalue weighted by molar-refractivity contribution is -0.140. The van der Waals surface area contributed by atoms with Crippen LogP contribution in [0.1, 0.15) is 24.1 Å². The van der Waals surface area contributed by atoms with Crippen LogP contribution < -0.4 is 14.8 Å². The van der Waals surface area contributed by atoms with E-state index in [4.69, 9.17) is 18.9 Å². The highest BCUT2D eigenvalue weighted by atomic mass is 16.6. The predicted octanol–water partition coefficient (Wildman–Crippen LogP) is 3.43. The number of carbonyl (C=O) groups is 2. The Bertz CT molecular complexity index is 989. The lowest BCUT2D eigenvalue weighted by Crippen LogP contribution is -2.47. The average molecular weight is 440 g/mol. The van der Waals surface area contributed by atoms with Gasteiger partial charge in [0.05, 0.1) is 39.0 Å². The van der Waals surface area contributed by atoms with Gasteiger partial charge in [0.1, 0.15) is 18.1 Å². The second kappa shape index (κ2) is 10.7. The van der Waals surface area contributed by atoms with Gasteiger partial charge in [0.15, 0.2) is 0 Å². The van der Waals surface area contributed by atoms with E-state index in [0.717, 1.165) is 5.56 Å². The number of ether oxygens (including phenoxy) is 4. The third-order valence-electron chi connectivity index (χ3n) is 5.27. The quantitative estimate of drug-likeness (QED) is 0.475. The number of rotatable bonds is 9. The summed E-state index contributed by atoms with van der Waals surface area (Å²) in [4.78, 5) is 27.7. The van der Waals surface area contributed by atoms with E-state index in [2.05, 4.69) is 5.32 Å². The van der Waals surface area contributed by atoms with Gasteiger partial charge in [-0.25, -0.2) is 9.59 Å². The summed E-state index contributed by atoms with van der Waals surface area (Å²) in [6.07, 6.45) is 0. The van der Waals surface area contributed by atoms with Crippen molar-refractivity contribution >= 4 is 12.0 Å². The molecule has 2 aromatic carbocycles. The number of amides is 2. The molecule has 0 aromatic heterocycles. The lowest BCUT2D eigenvalue weighted by atomic mass is 9.93. The van der Waals surface area contributed by atoms with Gasteiger partial charge < -0.3 is 24.3 Å². The van der Waals surface area contributed by atoms with Crippen LogP contribution in [0.25, 0.3) is 0 Å². The molecular weight excluding hydrogens is 412 g/mol. The van der Waals surface area contributed by atoms with E-state index in [1.807, 2.05) is 30.3 Å². The largest absolute Gasteiger partial charge is 0.497 e. The monoisotopic (exact) mass is 440 g/mol. The SMILES string of the molecule is COCCOC(=O)C1=C(C)N(Cc2ccccc2)C(=O)N[C@H]1c1ccc(OC)cc1OC. The topological polar surface area (TPSA) is 86.3 Å². The molecule has 2 amide bonds. The molecule has 0 saturated heterocycles. The number of nitrogens with one attached hydrogen (secondary N) is 1. The molecule has 1 aliphatic rings. The minimum atomic E-state index is -0.745. The summed E-state index contributed by atoms with van der Waals surface area (Å²) in [5.74, 6) is 0.560. The molecule has 2 aromatic rings. The first kappa shape index (κ1) is 23.1. The van der Waals surface area contributed by atoms with Gasteiger partial charge in [-0.05, 0) is 24.6 Å². The number of allylic oxidation sites excluding steroid dienone is 1.